The molecule has 0 aliphatic rings. The average molecular weight is 331 g/mol. The molecule has 0 saturated carbocycles. The number of benzene rings is 3. The van der Waals surface area contributed by atoms with E-state index >= 15 is 0 Å². The van der Waals surface area contributed by atoms with E-state index in [2.05, 4.69) is 77.7 Å². The van der Waals surface area contributed by atoms with Gasteiger partial charge in [-0.15, -0.1) is 0 Å². The summed E-state index contributed by atoms with van der Waals surface area (Å²) in [6.07, 6.45) is 0.801. The summed E-state index contributed by atoms with van der Waals surface area (Å²) in [6.45, 7) is 1.67. The van der Waals surface area contributed by atoms with Gasteiger partial charge < -0.3 is 4.90 Å². The first-order chi connectivity index (χ1) is 11.8. The van der Waals surface area contributed by atoms with Crippen LogP contribution in [0.3, 0.4) is 0 Å². The lowest BCUT2D eigenvalue weighted by molar-refractivity contribution is 0.408. The van der Waals surface area contributed by atoms with Crippen molar-refractivity contribution in [3.63, 3.8) is 0 Å². The van der Waals surface area contributed by atoms with E-state index in [1.165, 1.54) is 16.7 Å². The Morgan fingerprint density at radius 3 is 1.38 bits per heavy atom. The monoisotopic (exact) mass is 331 g/mol. The van der Waals surface area contributed by atoms with Crippen molar-refractivity contribution in [1.82, 2.24) is 4.90 Å². The fourth-order valence-corrected chi connectivity index (χ4v) is 3.02. The minimum atomic E-state index is 0.801. The Labute approximate surface area is 149 Å². The highest BCUT2D eigenvalue weighted by molar-refractivity contribution is 7.80. The summed E-state index contributed by atoms with van der Waals surface area (Å²) < 4.78 is 0. The van der Waals surface area contributed by atoms with Crippen molar-refractivity contribution in [1.29, 1.82) is 0 Å². The summed E-state index contributed by atoms with van der Waals surface area (Å²) in [5, 5.41) is 0. The molecule has 0 aliphatic carbocycles. The maximum Gasteiger partial charge on any atom is 0.0829 e. The molecule has 0 unspecified atom stereocenters. The second-order valence-corrected chi connectivity index (χ2v) is 6.35. The van der Waals surface area contributed by atoms with Crippen molar-refractivity contribution in [2.45, 2.75) is 19.5 Å². The van der Waals surface area contributed by atoms with Crippen LogP contribution in [0.5, 0.6) is 0 Å². The number of rotatable bonds is 6. The summed E-state index contributed by atoms with van der Waals surface area (Å²) in [5.41, 5.74) is 3.82. The van der Waals surface area contributed by atoms with Gasteiger partial charge >= 0.3 is 0 Å². The predicted octanol–water partition coefficient (Wildman–Crippen LogP) is 5.26. The lowest BCUT2D eigenvalue weighted by Gasteiger charge is -2.26. The fraction of sp³-hybridized carbons (Fsp3) is 0.136. The zero-order valence-electron chi connectivity index (χ0n) is 13.6. The van der Waals surface area contributed by atoms with E-state index < -0.39 is 0 Å². The van der Waals surface area contributed by atoms with Gasteiger partial charge in [-0.25, -0.2) is 0 Å². The van der Waals surface area contributed by atoms with E-state index in [1.54, 1.807) is 0 Å². The van der Waals surface area contributed by atoms with Gasteiger partial charge in [0.25, 0.3) is 0 Å². The number of thiocarbonyl (C=S) groups is 1. The lowest BCUT2D eigenvalue weighted by atomic mass is 10.1. The minimum Gasteiger partial charge on any atom is -0.357 e. The molecule has 0 bridgehead atoms. The SMILES string of the molecule is S=C(Cc1ccccc1)N(Cc1ccccc1)Cc1ccccc1. The molecule has 0 radical (unpaired) electrons. The van der Waals surface area contributed by atoms with Crippen LogP contribution in [-0.4, -0.2) is 9.89 Å². The average Bonchev–Trinajstić information content (AvgIpc) is 2.64. The Bertz CT molecular complexity index is 712. The summed E-state index contributed by atoms with van der Waals surface area (Å²) >= 11 is 5.78. The molecule has 0 N–H and O–H groups in total. The zero-order chi connectivity index (χ0) is 16.6. The third-order valence-corrected chi connectivity index (χ3v) is 4.39. The topological polar surface area (TPSA) is 3.24 Å². The highest BCUT2D eigenvalue weighted by Gasteiger charge is 2.12. The third-order valence-electron chi connectivity index (χ3n) is 3.98. The van der Waals surface area contributed by atoms with E-state index in [9.17, 15) is 0 Å². The minimum absolute atomic E-state index is 0.801. The molecule has 3 aromatic carbocycles. The Morgan fingerprint density at radius 2 is 0.958 bits per heavy atom. The molecule has 0 saturated heterocycles. The molecule has 0 fully saturated rings. The Kier molecular flexibility index (Phi) is 5.75. The zero-order valence-corrected chi connectivity index (χ0v) is 14.5. The van der Waals surface area contributed by atoms with Crippen molar-refractivity contribution in [2.24, 2.45) is 0 Å². The summed E-state index contributed by atoms with van der Waals surface area (Å²) in [5.74, 6) is 0. The van der Waals surface area contributed by atoms with E-state index in [0.29, 0.717) is 0 Å². The molecule has 120 valence electrons. The summed E-state index contributed by atoms with van der Waals surface area (Å²) in [4.78, 5) is 3.28. The van der Waals surface area contributed by atoms with Gasteiger partial charge in [0.05, 0.1) is 4.99 Å². The van der Waals surface area contributed by atoms with Crippen molar-refractivity contribution < 1.29 is 0 Å². The predicted molar refractivity (Wildman–Crippen MR) is 105 cm³/mol. The normalized spacial score (nSPS) is 10.3. The van der Waals surface area contributed by atoms with Crippen LogP contribution in [0.15, 0.2) is 91.0 Å². The van der Waals surface area contributed by atoms with E-state index in [0.717, 1.165) is 24.5 Å². The summed E-state index contributed by atoms with van der Waals surface area (Å²) in [6, 6.07) is 31.5. The van der Waals surface area contributed by atoms with Crippen molar-refractivity contribution >= 4 is 17.2 Å². The van der Waals surface area contributed by atoms with Gasteiger partial charge in [0.2, 0.25) is 0 Å². The van der Waals surface area contributed by atoms with E-state index in [-0.39, 0.29) is 0 Å². The van der Waals surface area contributed by atoms with Crippen LogP contribution in [0.2, 0.25) is 0 Å². The van der Waals surface area contributed by atoms with Gasteiger partial charge in [0, 0.05) is 19.5 Å². The fourth-order valence-electron chi connectivity index (χ4n) is 2.72. The van der Waals surface area contributed by atoms with E-state index in [4.69, 9.17) is 12.2 Å². The Balaban J connectivity index is 1.76. The molecule has 1 nitrogen and oxygen atoms in total. The summed E-state index contributed by atoms with van der Waals surface area (Å²) in [7, 11) is 0. The number of nitrogens with zero attached hydrogens (tertiary/aromatic N) is 1. The number of hydrogen-bond donors (Lipinski definition) is 0. The van der Waals surface area contributed by atoms with Crippen LogP contribution in [0.4, 0.5) is 0 Å². The van der Waals surface area contributed by atoms with Crippen LogP contribution in [0, 0.1) is 0 Å². The molecule has 0 heterocycles. The highest BCUT2D eigenvalue weighted by Crippen LogP contribution is 2.14. The quantitative estimate of drug-likeness (QED) is 0.567. The molecule has 0 aliphatic heterocycles. The van der Waals surface area contributed by atoms with Crippen LogP contribution in [0.1, 0.15) is 16.7 Å². The Morgan fingerprint density at radius 1 is 0.583 bits per heavy atom. The lowest BCUT2D eigenvalue weighted by Crippen LogP contribution is -2.30. The standard InChI is InChI=1S/C22H21NS/c24-22(16-19-10-4-1-5-11-19)23(17-20-12-6-2-7-13-20)18-21-14-8-3-9-15-21/h1-15H,16-18H2. The maximum atomic E-state index is 5.78. The molecule has 0 atom stereocenters. The Hall–Kier alpha value is -2.45. The first-order valence-corrected chi connectivity index (χ1v) is 8.61. The van der Waals surface area contributed by atoms with Crippen molar-refractivity contribution in [3.05, 3.63) is 108 Å². The van der Waals surface area contributed by atoms with Gasteiger partial charge in [-0.2, -0.15) is 0 Å². The van der Waals surface area contributed by atoms with Gasteiger partial charge in [0.15, 0.2) is 0 Å². The number of hydrogen-bond acceptors (Lipinski definition) is 1. The van der Waals surface area contributed by atoms with Crippen molar-refractivity contribution in [3.8, 4) is 0 Å². The largest absolute Gasteiger partial charge is 0.357 e. The molecule has 3 aromatic rings. The molecule has 0 amide bonds. The molecular weight excluding hydrogens is 310 g/mol. The highest BCUT2D eigenvalue weighted by atomic mass is 32.1. The first-order valence-electron chi connectivity index (χ1n) is 8.21. The smallest absolute Gasteiger partial charge is 0.0829 e. The molecule has 0 spiro atoms. The van der Waals surface area contributed by atoms with Crippen LogP contribution in [0.25, 0.3) is 0 Å². The molecule has 2 heteroatoms. The molecule has 0 aromatic heterocycles. The van der Waals surface area contributed by atoms with Gasteiger partial charge in [-0.1, -0.05) is 103 Å². The molecular formula is C22H21NS. The van der Waals surface area contributed by atoms with Gasteiger partial charge in [-0.3, -0.25) is 0 Å². The van der Waals surface area contributed by atoms with Crippen molar-refractivity contribution in [2.75, 3.05) is 0 Å². The van der Waals surface area contributed by atoms with E-state index in [1.807, 2.05) is 18.2 Å². The second kappa shape index (κ2) is 8.42. The molecule has 24 heavy (non-hydrogen) atoms. The van der Waals surface area contributed by atoms with Crippen LogP contribution < -0.4 is 0 Å². The molecule has 3 rings (SSSR count). The van der Waals surface area contributed by atoms with Gasteiger partial charge in [0.1, 0.15) is 0 Å². The van der Waals surface area contributed by atoms with Crippen LogP contribution in [-0.2, 0) is 19.5 Å². The maximum absolute atomic E-state index is 5.78. The van der Waals surface area contributed by atoms with Crippen LogP contribution >= 0.6 is 12.2 Å². The van der Waals surface area contributed by atoms with Gasteiger partial charge in [-0.05, 0) is 16.7 Å². The third kappa shape index (κ3) is 4.77. The first kappa shape index (κ1) is 16.4. The second-order valence-electron chi connectivity index (χ2n) is 5.88.